The van der Waals surface area contributed by atoms with Gasteiger partial charge in [-0.1, -0.05) is 29.3 Å². The second-order valence-electron chi connectivity index (χ2n) is 15.3. The van der Waals surface area contributed by atoms with Gasteiger partial charge in [-0.15, -0.1) is 0 Å². The minimum atomic E-state index is -0.651. The van der Waals surface area contributed by atoms with E-state index < -0.39 is 29.3 Å². The van der Waals surface area contributed by atoms with E-state index in [9.17, 15) is 28.4 Å². The van der Waals surface area contributed by atoms with Crippen molar-refractivity contribution in [3.63, 3.8) is 0 Å². The SMILES string of the molecule is CC(C)(C)OC(=O)N(c1cc(Cl)nc2c(/C=C3\CC(=O)NC3=O)cnn12)C1CC1.O=C1C/C(=C\c2cnn3c(NC4CC4)cc(Nc4cccc(Cl)c4F)nc23)C(=O)N1. The van der Waals surface area contributed by atoms with E-state index in [4.69, 9.17) is 27.9 Å². The minimum Gasteiger partial charge on any atom is -0.443 e. The normalized spacial score (nSPS) is 18.0. The first kappa shape index (κ1) is 39.4. The van der Waals surface area contributed by atoms with Gasteiger partial charge in [-0.25, -0.2) is 19.2 Å². The maximum Gasteiger partial charge on any atom is 0.416 e. The summed E-state index contributed by atoms with van der Waals surface area (Å²) in [7, 11) is 0. The van der Waals surface area contributed by atoms with Crippen LogP contribution in [0.1, 0.15) is 70.4 Å². The number of fused-ring (bicyclic) bond motifs is 2. The third-order valence-corrected chi connectivity index (χ3v) is 9.78. The quantitative estimate of drug-likeness (QED) is 0.0808. The lowest BCUT2D eigenvalue weighted by atomic mass is 10.1. The van der Waals surface area contributed by atoms with Crippen LogP contribution in [-0.4, -0.2) is 76.6 Å². The van der Waals surface area contributed by atoms with Gasteiger partial charge in [0.1, 0.15) is 28.2 Å². The lowest BCUT2D eigenvalue weighted by Gasteiger charge is -2.27. The van der Waals surface area contributed by atoms with Crippen molar-refractivity contribution in [2.24, 2.45) is 0 Å². The molecule has 4 aromatic heterocycles. The molecule has 0 unspecified atom stereocenters. The highest BCUT2D eigenvalue weighted by molar-refractivity contribution is 6.31. The number of carbonyl (C=O) groups is 5. The van der Waals surface area contributed by atoms with Gasteiger partial charge in [0.25, 0.3) is 11.8 Å². The van der Waals surface area contributed by atoms with Crippen molar-refractivity contribution in [2.45, 2.75) is 77.0 Å². The Morgan fingerprint density at radius 2 is 1.51 bits per heavy atom. The zero-order valence-electron chi connectivity index (χ0n) is 31.8. The Morgan fingerprint density at radius 3 is 2.07 bits per heavy atom. The van der Waals surface area contributed by atoms with E-state index in [1.165, 1.54) is 16.8 Å². The molecular weight excluding hydrogens is 808 g/mol. The lowest BCUT2D eigenvalue weighted by molar-refractivity contribution is -0.125. The number of aromatic nitrogens is 6. The molecule has 4 aliphatic rings. The van der Waals surface area contributed by atoms with Gasteiger partial charge in [-0.3, -0.25) is 34.7 Å². The molecule has 5 amide bonds. The average molecular weight is 845 g/mol. The molecule has 4 N–H and O–H groups in total. The second-order valence-corrected chi connectivity index (χ2v) is 16.1. The Bertz CT molecular complexity index is 2660. The number of halogens is 3. The molecule has 20 heteroatoms. The Morgan fingerprint density at radius 1 is 0.898 bits per heavy atom. The van der Waals surface area contributed by atoms with Crippen LogP contribution >= 0.6 is 23.2 Å². The standard InChI is InChI=1S/C20H16ClFN6O2.C19H20ClN5O4/c21-13-2-1-3-14(18(13)22)25-15-8-16(24-12-4-5-12)28-19(26-15)11(9-23-28)6-10-7-17(29)27-20(10)30;1-19(2,3)29-18(28)24(12-4-5-12)15-8-13(20)22-16-11(9-21-25(15)16)6-10-7-14(26)23-17(10)27/h1-3,6,8-9,12,24H,4-5,7H2,(H,25,26)(H,27,29,30);6,8-9,12H,4-5,7H2,1-3H3,(H,23,26,27)/b2*10-6+. The maximum absolute atomic E-state index is 14.4. The summed E-state index contributed by atoms with van der Waals surface area (Å²) in [5, 5.41) is 19.7. The fraction of sp³-hybridized carbons (Fsp3) is 0.308. The molecule has 2 aliphatic heterocycles. The highest BCUT2D eigenvalue weighted by Crippen LogP contribution is 2.35. The number of imide groups is 2. The zero-order valence-corrected chi connectivity index (χ0v) is 33.3. The third-order valence-electron chi connectivity index (χ3n) is 9.29. The van der Waals surface area contributed by atoms with Crippen LogP contribution in [0, 0.1) is 5.82 Å². The summed E-state index contributed by atoms with van der Waals surface area (Å²) >= 11 is 12.1. The van der Waals surface area contributed by atoms with Crippen molar-refractivity contribution in [3.05, 3.63) is 81.0 Å². The van der Waals surface area contributed by atoms with Crippen LogP contribution in [0.25, 0.3) is 23.4 Å². The summed E-state index contributed by atoms with van der Waals surface area (Å²) in [5.74, 6) is -0.624. The molecule has 17 nitrogen and oxygen atoms in total. The van der Waals surface area contributed by atoms with Crippen molar-refractivity contribution in [1.82, 2.24) is 39.8 Å². The predicted octanol–water partition coefficient (Wildman–Crippen LogP) is 5.99. The number of benzene rings is 1. The number of hydrogen-bond acceptors (Lipinski definition) is 12. The van der Waals surface area contributed by atoms with Crippen molar-refractivity contribution in [2.75, 3.05) is 15.5 Å². The number of amides is 5. The van der Waals surface area contributed by atoms with Gasteiger partial charge in [0, 0.05) is 46.5 Å². The number of ether oxygens (including phenoxy) is 1. The molecule has 9 rings (SSSR count). The highest BCUT2D eigenvalue weighted by Gasteiger charge is 2.38. The van der Waals surface area contributed by atoms with Gasteiger partial charge in [0.2, 0.25) is 11.8 Å². The van der Waals surface area contributed by atoms with Crippen LogP contribution < -0.4 is 26.2 Å². The van der Waals surface area contributed by atoms with Crippen molar-refractivity contribution in [3.8, 4) is 0 Å². The molecule has 2 saturated heterocycles. The first-order valence-corrected chi connectivity index (χ1v) is 19.4. The van der Waals surface area contributed by atoms with Crippen molar-refractivity contribution < 1.29 is 33.1 Å². The summed E-state index contributed by atoms with van der Waals surface area (Å²) in [6, 6.07) is 8.31. The van der Waals surface area contributed by atoms with Crippen LogP contribution in [0.2, 0.25) is 10.2 Å². The number of carbonyl (C=O) groups excluding carboxylic acids is 5. The summed E-state index contributed by atoms with van der Waals surface area (Å²) in [5.41, 5.74) is 2.13. The number of nitrogens with one attached hydrogen (secondary N) is 4. The lowest BCUT2D eigenvalue weighted by Crippen LogP contribution is -2.39. The monoisotopic (exact) mass is 843 g/mol. The van der Waals surface area contributed by atoms with E-state index in [1.54, 1.807) is 72.8 Å². The number of anilines is 4. The fourth-order valence-corrected chi connectivity index (χ4v) is 6.68. The molecule has 2 saturated carbocycles. The summed E-state index contributed by atoms with van der Waals surface area (Å²) in [6.45, 7) is 5.41. The van der Waals surface area contributed by atoms with Crippen LogP contribution in [0.15, 0.2) is 53.9 Å². The summed E-state index contributed by atoms with van der Waals surface area (Å²) < 4.78 is 23.0. The molecular formula is C39H36Cl2FN11O6. The van der Waals surface area contributed by atoms with E-state index in [0.717, 1.165) is 25.7 Å². The average Bonchev–Trinajstić information content (AvgIpc) is 4.03. The molecule has 2 aliphatic carbocycles. The Hall–Kier alpha value is -6.40. The molecule has 0 bridgehead atoms. The molecule has 0 radical (unpaired) electrons. The van der Waals surface area contributed by atoms with Crippen LogP contribution in [-0.2, 0) is 23.9 Å². The number of nitrogens with zero attached hydrogens (tertiary/aromatic N) is 7. The van der Waals surface area contributed by atoms with Gasteiger partial charge < -0.3 is 15.4 Å². The molecule has 304 valence electrons. The molecule has 0 spiro atoms. The maximum atomic E-state index is 14.4. The van der Waals surface area contributed by atoms with E-state index >= 15 is 0 Å². The van der Waals surface area contributed by atoms with Crippen LogP contribution in [0.4, 0.5) is 32.3 Å². The zero-order chi connectivity index (χ0) is 41.7. The molecule has 59 heavy (non-hydrogen) atoms. The summed E-state index contributed by atoms with van der Waals surface area (Å²) in [6.07, 6.45) is 9.57. The molecule has 1 aromatic carbocycles. The van der Waals surface area contributed by atoms with Gasteiger partial charge in [-0.05, 0) is 70.7 Å². The Kier molecular flexibility index (Phi) is 10.3. The Labute approximate surface area is 345 Å². The first-order valence-electron chi connectivity index (χ1n) is 18.6. The first-order chi connectivity index (χ1) is 28.1. The van der Waals surface area contributed by atoms with Gasteiger partial charge >= 0.3 is 6.09 Å². The second kappa shape index (κ2) is 15.4. The minimum absolute atomic E-state index is 0.00379. The van der Waals surface area contributed by atoms with E-state index in [1.807, 2.05) is 0 Å². The molecule has 0 atom stereocenters. The van der Waals surface area contributed by atoms with Crippen LogP contribution in [0.5, 0.6) is 0 Å². The highest BCUT2D eigenvalue weighted by atomic mass is 35.5. The number of rotatable bonds is 8. The van der Waals surface area contributed by atoms with E-state index in [-0.39, 0.29) is 46.6 Å². The topological polar surface area (TPSA) is 206 Å². The van der Waals surface area contributed by atoms with E-state index in [2.05, 4.69) is 41.4 Å². The third kappa shape index (κ3) is 8.73. The van der Waals surface area contributed by atoms with Gasteiger partial charge in [0.15, 0.2) is 17.1 Å². The predicted molar refractivity (Wildman–Crippen MR) is 216 cm³/mol. The van der Waals surface area contributed by atoms with Gasteiger partial charge in [-0.2, -0.15) is 19.2 Å². The Balaban J connectivity index is 0.000000164. The van der Waals surface area contributed by atoms with Gasteiger partial charge in [0.05, 0.1) is 35.9 Å². The molecule has 5 aromatic rings. The largest absolute Gasteiger partial charge is 0.443 e. The summed E-state index contributed by atoms with van der Waals surface area (Å²) in [4.78, 5) is 70.0. The smallest absolute Gasteiger partial charge is 0.416 e. The van der Waals surface area contributed by atoms with Crippen molar-refractivity contribution in [1.29, 1.82) is 0 Å². The van der Waals surface area contributed by atoms with E-state index in [0.29, 0.717) is 57.1 Å². The fourth-order valence-electron chi connectivity index (χ4n) is 6.32. The molecule has 4 fully saturated rings. The molecule has 6 heterocycles. The number of hydrogen-bond donors (Lipinski definition) is 4. The van der Waals surface area contributed by atoms with Crippen molar-refractivity contribution >= 4 is 99.5 Å². The van der Waals surface area contributed by atoms with Crippen LogP contribution in [0.3, 0.4) is 0 Å².